The van der Waals surface area contributed by atoms with E-state index in [1.807, 2.05) is 24.3 Å². The Morgan fingerprint density at radius 3 is 2.35 bits per heavy atom. The molecule has 0 bridgehead atoms. The molecule has 0 saturated heterocycles. The van der Waals surface area contributed by atoms with Gasteiger partial charge in [-0.2, -0.15) is 0 Å². The number of benzene rings is 1. The van der Waals surface area contributed by atoms with Crippen LogP contribution in [0, 0.1) is 5.92 Å². The third kappa shape index (κ3) is 7.13. The lowest BCUT2D eigenvalue weighted by atomic mass is 9.99. The first-order valence-electron chi connectivity index (χ1n) is 8.38. The number of hydrogen-bond acceptors (Lipinski definition) is 2. The third-order valence-corrected chi connectivity index (χ3v) is 3.97. The van der Waals surface area contributed by atoms with E-state index < -0.39 is 11.8 Å². The molecule has 0 aromatic heterocycles. The SMILES string of the molecule is C=Cc1ccc(CNC(=O)C(=O)NCC(CC)CCCC)cc1. The van der Waals surface area contributed by atoms with Crippen molar-refractivity contribution in [3.63, 3.8) is 0 Å². The van der Waals surface area contributed by atoms with Crippen LogP contribution in [0.1, 0.15) is 50.7 Å². The van der Waals surface area contributed by atoms with Crippen molar-refractivity contribution in [3.05, 3.63) is 42.0 Å². The van der Waals surface area contributed by atoms with Gasteiger partial charge in [0.2, 0.25) is 0 Å². The average Bonchev–Trinajstić information content (AvgIpc) is 2.60. The second kappa shape index (κ2) is 10.6. The van der Waals surface area contributed by atoms with Crippen LogP contribution < -0.4 is 10.6 Å². The van der Waals surface area contributed by atoms with Crippen LogP contribution in [-0.4, -0.2) is 18.4 Å². The van der Waals surface area contributed by atoms with Gasteiger partial charge in [0, 0.05) is 13.1 Å². The van der Waals surface area contributed by atoms with Gasteiger partial charge in [0.15, 0.2) is 0 Å². The first kappa shape index (κ1) is 18.9. The molecule has 1 rings (SSSR count). The van der Waals surface area contributed by atoms with Crippen LogP contribution in [0.25, 0.3) is 6.08 Å². The van der Waals surface area contributed by atoms with Gasteiger partial charge < -0.3 is 10.6 Å². The molecule has 2 amide bonds. The van der Waals surface area contributed by atoms with Gasteiger partial charge in [0.05, 0.1) is 0 Å². The summed E-state index contributed by atoms with van der Waals surface area (Å²) in [6.45, 7) is 8.87. The number of amides is 2. The van der Waals surface area contributed by atoms with Gasteiger partial charge in [-0.05, 0) is 23.5 Å². The van der Waals surface area contributed by atoms with Crippen LogP contribution in [0.15, 0.2) is 30.8 Å². The van der Waals surface area contributed by atoms with E-state index in [4.69, 9.17) is 0 Å². The summed E-state index contributed by atoms with van der Waals surface area (Å²) in [5.41, 5.74) is 1.97. The fourth-order valence-corrected chi connectivity index (χ4v) is 2.29. The Morgan fingerprint density at radius 1 is 1.13 bits per heavy atom. The first-order valence-corrected chi connectivity index (χ1v) is 8.38. The monoisotopic (exact) mass is 316 g/mol. The Hall–Kier alpha value is -2.10. The molecule has 0 saturated carbocycles. The van der Waals surface area contributed by atoms with Gasteiger partial charge in [0.1, 0.15) is 0 Å². The Morgan fingerprint density at radius 2 is 1.78 bits per heavy atom. The summed E-state index contributed by atoms with van der Waals surface area (Å²) in [6.07, 6.45) is 6.16. The molecule has 1 unspecified atom stereocenters. The zero-order valence-electron chi connectivity index (χ0n) is 14.2. The summed E-state index contributed by atoms with van der Waals surface area (Å²) in [4.78, 5) is 23.6. The molecule has 1 aromatic rings. The van der Waals surface area contributed by atoms with Gasteiger partial charge in [-0.15, -0.1) is 0 Å². The smallest absolute Gasteiger partial charge is 0.309 e. The van der Waals surface area contributed by atoms with E-state index >= 15 is 0 Å². The van der Waals surface area contributed by atoms with Crippen molar-refractivity contribution in [2.75, 3.05) is 6.54 Å². The van der Waals surface area contributed by atoms with Gasteiger partial charge in [-0.3, -0.25) is 9.59 Å². The van der Waals surface area contributed by atoms with E-state index in [-0.39, 0.29) is 0 Å². The quantitative estimate of drug-likeness (QED) is 0.687. The molecule has 0 radical (unpaired) electrons. The van der Waals surface area contributed by atoms with Crippen LogP contribution in [-0.2, 0) is 16.1 Å². The second-order valence-electron chi connectivity index (χ2n) is 5.75. The lowest BCUT2D eigenvalue weighted by molar-refractivity contribution is -0.139. The molecule has 2 N–H and O–H groups in total. The lowest BCUT2D eigenvalue weighted by Crippen LogP contribution is -2.41. The molecule has 0 heterocycles. The number of unbranched alkanes of at least 4 members (excludes halogenated alkanes) is 1. The first-order chi connectivity index (χ1) is 11.1. The predicted molar refractivity (Wildman–Crippen MR) is 94.7 cm³/mol. The molecule has 23 heavy (non-hydrogen) atoms. The van der Waals surface area contributed by atoms with Crippen molar-refractivity contribution >= 4 is 17.9 Å². The fraction of sp³-hybridized carbons (Fsp3) is 0.474. The molecule has 0 spiro atoms. The number of carbonyl (C=O) groups is 2. The fourth-order valence-electron chi connectivity index (χ4n) is 2.29. The number of carbonyl (C=O) groups excluding carboxylic acids is 2. The Balaban J connectivity index is 2.35. The third-order valence-electron chi connectivity index (χ3n) is 3.97. The maximum absolute atomic E-state index is 11.8. The minimum atomic E-state index is -0.580. The summed E-state index contributed by atoms with van der Waals surface area (Å²) in [6, 6.07) is 7.67. The van der Waals surface area contributed by atoms with Crippen LogP contribution in [0.4, 0.5) is 0 Å². The molecule has 1 atom stereocenters. The van der Waals surface area contributed by atoms with Crippen LogP contribution in [0.5, 0.6) is 0 Å². The number of hydrogen-bond donors (Lipinski definition) is 2. The van der Waals surface area contributed by atoms with E-state index in [1.54, 1.807) is 6.08 Å². The average molecular weight is 316 g/mol. The van der Waals surface area contributed by atoms with Crippen LogP contribution in [0.2, 0.25) is 0 Å². The Bertz CT molecular complexity index is 509. The molecular formula is C19H28N2O2. The Kier molecular flexibility index (Phi) is 8.73. The van der Waals surface area contributed by atoms with Gasteiger partial charge >= 0.3 is 11.8 Å². The normalized spacial score (nSPS) is 11.6. The molecule has 4 nitrogen and oxygen atoms in total. The van der Waals surface area contributed by atoms with Crippen LogP contribution >= 0.6 is 0 Å². The topological polar surface area (TPSA) is 58.2 Å². The van der Waals surface area contributed by atoms with Crippen molar-refractivity contribution < 1.29 is 9.59 Å². The molecular weight excluding hydrogens is 288 g/mol. The molecule has 0 fully saturated rings. The van der Waals surface area contributed by atoms with Crippen molar-refractivity contribution in [1.29, 1.82) is 0 Å². The van der Waals surface area contributed by atoms with Gasteiger partial charge in [0.25, 0.3) is 0 Å². The van der Waals surface area contributed by atoms with E-state index in [0.29, 0.717) is 19.0 Å². The lowest BCUT2D eigenvalue weighted by Gasteiger charge is -2.15. The summed E-state index contributed by atoms with van der Waals surface area (Å²) >= 11 is 0. The number of rotatable bonds is 9. The molecule has 126 valence electrons. The highest BCUT2D eigenvalue weighted by molar-refractivity contribution is 6.35. The van der Waals surface area contributed by atoms with Crippen molar-refractivity contribution in [2.24, 2.45) is 5.92 Å². The van der Waals surface area contributed by atoms with Crippen LogP contribution in [0.3, 0.4) is 0 Å². The Labute approximate surface area is 139 Å². The van der Waals surface area contributed by atoms with Crippen molar-refractivity contribution in [1.82, 2.24) is 10.6 Å². The number of nitrogens with one attached hydrogen (secondary N) is 2. The summed E-state index contributed by atoms with van der Waals surface area (Å²) in [5.74, 6) is -0.691. The van der Waals surface area contributed by atoms with Crippen molar-refractivity contribution in [3.8, 4) is 0 Å². The largest absolute Gasteiger partial charge is 0.348 e. The maximum atomic E-state index is 11.8. The van der Waals surface area contributed by atoms with E-state index in [2.05, 4.69) is 31.1 Å². The maximum Gasteiger partial charge on any atom is 0.309 e. The highest BCUT2D eigenvalue weighted by atomic mass is 16.2. The second-order valence-corrected chi connectivity index (χ2v) is 5.75. The minimum Gasteiger partial charge on any atom is -0.348 e. The molecule has 1 aromatic carbocycles. The standard InChI is InChI=1S/C19H28N2O2/c1-4-7-8-16(6-3)13-20-18(22)19(23)21-14-17-11-9-15(5-2)10-12-17/h5,9-12,16H,2,4,6-8,13-14H2,1,3H3,(H,20,22)(H,21,23). The minimum absolute atomic E-state index is 0.344. The van der Waals surface area contributed by atoms with E-state index in [1.165, 1.54) is 0 Å². The highest BCUT2D eigenvalue weighted by Gasteiger charge is 2.14. The van der Waals surface area contributed by atoms with E-state index in [9.17, 15) is 9.59 Å². The molecule has 0 aliphatic rings. The summed E-state index contributed by atoms with van der Waals surface area (Å²) in [5, 5.41) is 5.38. The van der Waals surface area contributed by atoms with Gasteiger partial charge in [-0.1, -0.05) is 70.0 Å². The van der Waals surface area contributed by atoms with Crippen molar-refractivity contribution in [2.45, 2.75) is 46.1 Å². The zero-order valence-corrected chi connectivity index (χ0v) is 14.2. The zero-order chi connectivity index (χ0) is 17.1. The molecule has 0 aliphatic heterocycles. The molecule has 0 aliphatic carbocycles. The highest BCUT2D eigenvalue weighted by Crippen LogP contribution is 2.11. The van der Waals surface area contributed by atoms with Gasteiger partial charge in [-0.25, -0.2) is 0 Å². The van der Waals surface area contributed by atoms with E-state index in [0.717, 1.165) is 36.8 Å². The predicted octanol–water partition coefficient (Wildman–Crippen LogP) is 3.28. The summed E-state index contributed by atoms with van der Waals surface area (Å²) in [7, 11) is 0. The summed E-state index contributed by atoms with van der Waals surface area (Å²) < 4.78 is 0. The molecule has 4 heteroatoms.